The number of carbonyl (C=O) groups excluding carboxylic acids is 1. The predicted molar refractivity (Wildman–Crippen MR) is 364 cm³/mol. The van der Waals surface area contributed by atoms with Gasteiger partial charge in [-0.15, -0.1) is 0 Å². The summed E-state index contributed by atoms with van der Waals surface area (Å²) in [4.78, 5) is 45.1. The molecule has 13 aromatic rings. The molecule has 10 aromatic heterocycles. The van der Waals surface area contributed by atoms with Gasteiger partial charge in [-0.1, -0.05) is 73.9 Å². The van der Waals surface area contributed by atoms with Gasteiger partial charge in [-0.25, -0.2) is 47.1 Å². The molecule has 11 heterocycles. The van der Waals surface area contributed by atoms with E-state index in [2.05, 4.69) is 66.7 Å². The molecule has 0 radical (unpaired) electrons. The van der Waals surface area contributed by atoms with E-state index in [1.807, 2.05) is 81.5 Å². The van der Waals surface area contributed by atoms with Crippen molar-refractivity contribution in [3.8, 4) is 11.3 Å². The molecule has 1 aliphatic heterocycles. The number of halogens is 2. The summed E-state index contributed by atoms with van der Waals surface area (Å²) < 4.78 is 96.8. The first-order chi connectivity index (χ1) is 43.5. The number of H-pyrrole nitrogens is 2. The highest BCUT2D eigenvalue weighted by atomic mass is 79.9. The second kappa shape index (κ2) is 24.9. The number of nitrogens with one attached hydrogen (secondary N) is 2. The fourth-order valence-corrected chi connectivity index (χ4v) is 15.3. The first-order valence-electron chi connectivity index (χ1n) is 28.8. The highest BCUT2D eigenvalue weighted by molar-refractivity contribution is 9.11. The van der Waals surface area contributed by atoms with Crippen molar-refractivity contribution in [2.75, 3.05) is 0 Å². The topological polar surface area (TPSA) is 262 Å². The zero-order valence-electron chi connectivity index (χ0n) is 51.6. The lowest BCUT2D eigenvalue weighted by Crippen LogP contribution is -2.41. The van der Waals surface area contributed by atoms with Gasteiger partial charge in [0.25, 0.3) is 30.1 Å². The molecule has 14 rings (SSSR count). The van der Waals surface area contributed by atoms with E-state index in [0.717, 1.165) is 41.9 Å². The normalized spacial score (nSPS) is 14.0. The number of Topliss-reactive ketones (excluding diaryl/α,β-unsaturated/α-hetero) is 1. The minimum Gasteiger partial charge on any atom is -0.399 e. The van der Waals surface area contributed by atoms with Crippen molar-refractivity contribution < 1.29 is 39.4 Å². The van der Waals surface area contributed by atoms with Crippen LogP contribution in [0.2, 0.25) is 0 Å². The third-order valence-electron chi connectivity index (χ3n) is 16.0. The van der Waals surface area contributed by atoms with Gasteiger partial charge in [0.2, 0.25) is 0 Å². The Bertz CT molecular complexity index is 5300. The first-order valence-corrected chi connectivity index (χ1v) is 34.7. The van der Waals surface area contributed by atoms with Crippen LogP contribution in [0.15, 0.2) is 207 Å². The Hall–Kier alpha value is -8.50. The van der Waals surface area contributed by atoms with E-state index in [4.69, 9.17) is 14.3 Å². The molecule has 0 unspecified atom stereocenters. The molecule has 0 atom stereocenters. The van der Waals surface area contributed by atoms with E-state index in [-0.39, 0.29) is 20.5 Å². The summed E-state index contributed by atoms with van der Waals surface area (Å²) in [6.07, 6.45) is 22.9. The quantitative estimate of drug-likeness (QED) is 0.101. The molecule has 0 aliphatic carbocycles. The van der Waals surface area contributed by atoms with Crippen LogP contribution < -0.4 is 5.46 Å². The van der Waals surface area contributed by atoms with Gasteiger partial charge >= 0.3 is 7.12 Å². The van der Waals surface area contributed by atoms with Gasteiger partial charge in [-0.3, -0.25) is 24.7 Å². The fraction of sp³-hybridized carbons (Fsp3) is 0.197. The van der Waals surface area contributed by atoms with E-state index >= 15 is 0 Å². The molecular weight excluding hydrogens is 1360 g/mol. The van der Waals surface area contributed by atoms with Crippen LogP contribution in [0.3, 0.4) is 0 Å². The number of fused-ring (bicyclic) bond motifs is 5. The molecule has 470 valence electrons. The number of hydrogen-bond acceptors (Lipinski definition) is 15. The summed E-state index contributed by atoms with van der Waals surface area (Å²) in [6, 6.07) is 27.6. The minimum absolute atomic E-state index is 0.0567. The van der Waals surface area contributed by atoms with Gasteiger partial charge in [0.15, 0.2) is 11.4 Å². The van der Waals surface area contributed by atoms with E-state index < -0.39 is 53.8 Å². The van der Waals surface area contributed by atoms with Gasteiger partial charge in [0, 0.05) is 103 Å². The number of carbonyl (C=O) groups is 1. The Balaban J connectivity index is 0.000000134. The number of aromatic amines is 2. The second-order valence-corrected chi connectivity index (χ2v) is 31.2. The van der Waals surface area contributed by atoms with Crippen molar-refractivity contribution in [3.05, 3.63) is 215 Å². The second-order valence-electron chi connectivity index (χ2n) is 24.0. The van der Waals surface area contributed by atoms with Gasteiger partial charge in [0.05, 0.1) is 90.2 Å². The predicted octanol–water partition coefficient (Wildman–Crippen LogP) is 13.3. The molecule has 1 saturated heterocycles. The van der Waals surface area contributed by atoms with Gasteiger partial charge < -0.3 is 19.3 Å². The van der Waals surface area contributed by atoms with E-state index in [0.29, 0.717) is 55.4 Å². The van der Waals surface area contributed by atoms with E-state index in [1.165, 1.54) is 29.7 Å². The molecule has 0 bridgehead atoms. The Morgan fingerprint density at radius 3 is 1.46 bits per heavy atom. The van der Waals surface area contributed by atoms with Crippen molar-refractivity contribution in [3.63, 3.8) is 0 Å². The van der Waals surface area contributed by atoms with Crippen molar-refractivity contribution >= 4 is 135 Å². The lowest BCUT2D eigenvalue weighted by Gasteiger charge is -2.32. The third-order valence-corrected chi connectivity index (χ3v) is 22.3. The van der Waals surface area contributed by atoms with E-state index in [1.54, 1.807) is 159 Å². The first kappa shape index (κ1) is 65.0. The van der Waals surface area contributed by atoms with Crippen molar-refractivity contribution in [2.24, 2.45) is 5.41 Å². The zero-order valence-corrected chi connectivity index (χ0v) is 57.2. The standard InChI is InChI=1S/C25H23N5O3S.C20H23BN2O4S.C14H11BrN2O2S.C7H5BrN2/c1-15-5-7-16(8-6-15)34(32,33)30-14-19(17-9-10-26-13-21(17)30)20-12-28-24-22(29-20)18(11-27-24)23(31)25(2,3)4;1-14-6-8-15(9-7-14)28(24,25)23-13-17(16-10-11-22-12-18(16)23)21-26-19(2,3)20(4,5)27-21;1-10-2-4-11(5-3-10)20(18,19)17-9-13(15)12-6-7-16-8-14(12)17;8-6-3-10-7-4-9-2-1-5(6)7/h5-14H,1-4H3,(H,27,28);6-13H,1-5H3;2-9H,1H3;1-4,10H. The number of benzene rings is 3. The summed E-state index contributed by atoms with van der Waals surface area (Å²) in [5.74, 6) is -0.0567. The lowest BCUT2D eigenvalue weighted by atomic mass is 9.79. The Morgan fingerprint density at radius 2 is 0.957 bits per heavy atom. The lowest BCUT2D eigenvalue weighted by molar-refractivity contribution is 0.00578. The summed E-state index contributed by atoms with van der Waals surface area (Å²) in [5.41, 5.74) is 7.02. The molecule has 2 N–H and O–H groups in total. The third kappa shape index (κ3) is 12.5. The Labute approximate surface area is 549 Å². The van der Waals surface area contributed by atoms with Crippen molar-refractivity contribution in [2.45, 2.75) is 95.1 Å². The zero-order chi connectivity index (χ0) is 65.9. The van der Waals surface area contributed by atoms with E-state index in [9.17, 15) is 30.0 Å². The molecule has 1 aliphatic rings. The number of hydrogen-bond donors (Lipinski definition) is 2. The number of rotatable bonds is 9. The molecule has 1 fully saturated rings. The SMILES string of the molecule is Brc1c[nH]c2cnccc12.Cc1ccc(S(=O)(=O)n2cc(-c3cnc4[nH]cc(C(=O)C(C)(C)C)c4n3)c3ccncc32)cc1.Cc1ccc(S(=O)(=O)n2cc(B3OC(C)(C)C(C)(C)O3)c3ccncc32)cc1.Cc1ccc(S(=O)(=O)n2cc(Br)c3ccncc32)cc1. The van der Waals surface area contributed by atoms with Crippen LogP contribution in [0, 0.1) is 26.2 Å². The monoisotopic (exact) mass is 1420 g/mol. The smallest absolute Gasteiger partial charge is 0.399 e. The maximum atomic E-state index is 13.5. The highest BCUT2D eigenvalue weighted by Gasteiger charge is 2.52. The molecule has 0 saturated carbocycles. The average Bonchev–Trinajstić information content (AvgIpc) is 1.59. The molecule has 92 heavy (non-hydrogen) atoms. The maximum absolute atomic E-state index is 13.5. The van der Waals surface area contributed by atoms with Crippen LogP contribution in [0.25, 0.3) is 66.0 Å². The summed E-state index contributed by atoms with van der Waals surface area (Å²) >= 11 is 6.79. The molecule has 0 spiro atoms. The van der Waals surface area contributed by atoms with Gasteiger partial charge in [-0.2, -0.15) is 0 Å². The fourth-order valence-electron chi connectivity index (χ4n) is 10.1. The maximum Gasteiger partial charge on any atom is 0.497 e. The van der Waals surface area contributed by atoms with Crippen molar-refractivity contribution in [1.29, 1.82) is 0 Å². The average molecular weight is 1420 g/mol. The Morgan fingerprint density at radius 1 is 0.522 bits per heavy atom. The summed E-state index contributed by atoms with van der Waals surface area (Å²) in [5, 5.41) is 3.40. The molecule has 20 nitrogen and oxygen atoms in total. The molecular formula is C66H62BBr2N11O9S3. The van der Waals surface area contributed by atoms with Crippen LogP contribution in [-0.4, -0.2) is 101 Å². The van der Waals surface area contributed by atoms with Crippen LogP contribution >= 0.6 is 31.9 Å². The number of pyridine rings is 4. The number of ketones is 1. The summed E-state index contributed by atoms with van der Waals surface area (Å²) in [6.45, 7) is 19.2. The number of nitrogens with zero attached hydrogens (tertiary/aromatic N) is 9. The highest BCUT2D eigenvalue weighted by Crippen LogP contribution is 2.38. The van der Waals surface area contributed by atoms with Crippen molar-refractivity contribution in [1.82, 2.24) is 51.8 Å². The van der Waals surface area contributed by atoms with Crippen LogP contribution in [0.5, 0.6) is 0 Å². The number of aryl methyl sites for hydroxylation is 3. The van der Waals surface area contributed by atoms with Crippen LogP contribution in [-0.2, 0) is 39.4 Å². The van der Waals surface area contributed by atoms with Crippen LogP contribution in [0.4, 0.5) is 0 Å². The number of aromatic nitrogens is 11. The minimum atomic E-state index is -3.87. The van der Waals surface area contributed by atoms with Gasteiger partial charge in [0.1, 0.15) is 5.52 Å². The molecule has 26 heteroatoms. The van der Waals surface area contributed by atoms with Gasteiger partial charge in [-0.05, 0) is 141 Å². The molecule has 3 aromatic carbocycles. The summed E-state index contributed by atoms with van der Waals surface area (Å²) in [7, 11) is -11.9. The largest absolute Gasteiger partial charge is 0.497 e. The Kier molecular flexibility index (Phi) is 17.6. The van der Waals surface area contributed by atoms with Crippen LogP contribution in [0.1, 0.15) is 75.5 Å². The molecule has 0 amide bonds.